The van der Waals surface area contributed by atoms with Crippen molar-refractivity contribution in [2.45, 2.75) is 6.92 Å². The number of hydrazine groups is 2. The molecule has 0 saturated carbocycles. The Hall–Kier alpha value is -3.85. The fraction of sp³-hybridized carbons (Fsp3) is 0.0526. The predicted octanol–water partition coefficient (Wildman–Crippen LogP) is 2.53. The zero-order chi connectivity index (χ0) is 20.8. The van der Waals surface area contributed by atoms with Crippen LogP contribution in [0, 0.1) is 6.92 Å². The van der Waals surface area contributed by atoms with E-state index in [1.54, 1.807) is 36.4 Å². The number of nitrogens with two attached hydrogens (primary N) is 1. The van der Waals surface area contributed by atoms with Crippen LogP contribution < -0.4 is 27.4 Å². The molecular formula is C19H18ClN7O2. The Morgan fingerprint density at radius 1 is 0.828 bits per heavy atom. The van der Waals surface area contributed by atoms with Gasteiger partial charge in [-0.3, -0.25) is 31.3 Å². The number of halogens is 1. The molecule has 1 heterocycles. The highest BCUT2D eigenvalue weighted by Gasteiger charge is 2.11. The number of carbonyl (C=O) groups excluding carboxylic acids is 2. The monoisotopic (exact) mass is 411 g/mol. The average Bonchev–Trinajstić information content (AvgIpc) is 2.72. The van der Waals surface area contributed by atoms with E-state index in [2.05, 4.69) is 31.7 Å². The third kappa shape index (κ3) is 5.11. The fourth-order valence-electron chi connectivity index (χ4n) is 2.28. The molecule has 0 radical (unpaired) electrons. The number of hydrogen-bond donors (Lipinski definition) is 5. The summed E-state index contributed by atoms with van der Waals surface area (Å²) in [5, 5.41) is 0.526. The van der Waals surface area contributed by atoms with Crippen LogP contribution in [0.25, 0.3) is 0 Å². The molecule has 0 atom stereocenters. The van der Waals surface area contributed by atoms with Gasteiger partial charge in [-0.15, -0.1) is 0 Å². The van der Waals surface area contributed by atoms with Crippen LogP contribution in [-0.2, 0) is 0 Å². The normalized spacial score (nSPS) is 10.1. The van der Waals surface area contributed by atoms with Crippen LogP contribution in [-0.4, -0.2) is 21.8 Å². The van der Waals surface area contributed by atoms with Crippen LogP contribution in [0.2, 0.25) is 5.02 Å². The highest BCUT2D eigenvalue weighted by Crippen LogP contribution is 2.21. The first-order chi connectivity index (χ1) is 13.9. The van der Waals surface area contributed by atoms with Crippen LogP contribution in [0.5, 0.6) is 0 Å². The Morgan fingerprint density at radius 3 is 1.76 bits per heavy atom. The lowest BCUT2D eigenvalue weighted by atomic mass is 10.1. The molecule has 2 aromatic carbocycles. The third-order valence-electron chi connectivity index (χ3n) is 3.89. The highest BCUT2D eigenvalue weighted by molar-refractivity contribution is 6.30. The van der Waals surface area contributed by atoms with Crippen molar-refractivity contribution in [2.24, 2.45) is 0 Å². The predicted molar refractivity (Wildman–Crippen MR) is 111 cm³/mol. The first-order valence-electron chi connectivity index (χ1n) is 8.49. The summed E-state index contributed by atoms with van der Waals surface area (Å²) in [4.78, 5) is 32.3. The molecule has 0 spiro atoms. The van der Waals surface area contributed by atoms with Gasteiger partial charge in [0, 0.05) is 16.1 Å². The number of carbonyl (C=O) groups is 2. The van der Waals surface area contributed by atoms with E-state index in [0.29, 0.717) is 16.1 Å². The van der Waals surface area contributed by atoms with E-state index in [9.17, 15) is 9.59 Å². The van der Waals surface area contributed by atoms with E-state index in [4.69, 9.17) is 17.3 Å². The maximum absolute atomic E-state index is 12.2. The molecule has 148 valence electrons. The Balaban J connectivity index is 1.61. The summed E-state index contributed by atoms with van der Waals surface area (Å²) in [7, 11) is 0. The summed E-state index contributed by atoms with van der Waals surface area (Å²) in [6.07, 6.45) is 1.23. The van der Waals surface area contributed by atoms with E-state index in [-0.39, 0.29) is 23.2 Å². The smallest absolute Gasteiger partial charge is 0.269 e. The van der Waals surface area contributed by atoms with Gasteiger partial charge in [-0.2, -0.15) is 0 Å². The highest BCUT2D eigenvalue weighted by atomic mass is 35.5. The first kappa shape index (κ1) is 19.9. The topological polar surface area (TPSA) is 134 Å². The molecule has 2 amide bonds. The lowest BCUT2D eigenvalue weighted by Gasteiger charge is -2.13. The molecule has 0 bridgehead atoms. The van der Waals surface area contributed by atoms with Crippen LogP contribution >= 0.6 is 11.6 Å². The Kier molecular flexibility index (Phi) is 6.10. The number of nitrogen functional groups attached to an aromatic ring is 1. The molecule has 0 aliphatic heterocycles. The number of rotatable bonds is 6. The van der Waals surface area contributed by atoms with Crippen LogP contribution in [0.4, 0.5) is 17.3 Å². The number of hydrogen-bond acceptors (Lipinski definition) is 7. The molecule has 3 rings (SSSR count). The molecule has 0 fully saturated rings. The van der Waals surface area contributed by atoms with Gasteiger partial charge in [0.05, 0.1) is 0 Å². The number of nitrogens with zero attached hydrogens (tertiary/aromatic N) is 2. The SMILES string of the molecule is Cc1ccc(C(=O)NNc2ncnc(NNC(=O)c3ccc(Cl)cc3)c2N)cc1. The number of aromatic nitrogens is 2. The lowest BCUT2D eigenvalue weighted by molar-refractivity contribution is 0.0954. The minimum Gasteiger partial charge on any atom is -0.393 e. The number of aryl methyl sites for hydroxylation is 1. The van der Waals surface area contributed by atoms with Crippen molar-refractivity contribution in [1.29, 1.82) is 0 Å². The Morgan fingerprint density at radius 2 is 1.28 bits per heavy atom. The van der Waals surface area contributed by atoms with Gasteiger partial charge in [0.15, 0.2) is 11.6 Å². The standard InChI is InChI=1S/C19H18ClN7O2/c1-11-2-4-12(5-3-11)18(28)26-24-16-15(21)17(23-10-22-16)25-27-19(29)13-6-8-14(20)9-7-13/h2-10H,21H2,1H3,(H,26,28)(H,27,29)(H2,22,23,24,25). The summed E-state index contributed by atoms with van der Waals surface area (Å²) in [5.74, 6) is -0.423. The van der Waals surface area contributed by atoms with Gasteiger partial charge in [-0.05, 0) is 43.3 Å². The average molecular weight is 412 g/mol. The summed E-state index contributed by atoms with van der Waals surface area (Å²) in [5.41, 5.74) is 18.3. The van der Waals surface area contributed by atoms with Gasteiger partial charge >= 0.3 is 0 Å². The van der Waals surface area contributed by atoms with Gasteiger partial charge in [0.1, 0.15) is 12.0 Å². The Bertz CT molecular complexity index is 944. The van der Waals surface area contributed by atoms with Crippen LogP contribution in [0.1, 0.15) is 26.3 Å². The summed E-state index contributed by atoms with van der Waals surface area (Å²) >= 11 is 5.81. The third-order valence-corrected chi connectivity index (χ3v) is 4.14. The van der Waals surface area contributed by atoms with Crippen molar-refractivity contribution in [3.63, 3.8) is 0 Å². The van der Waals surface area contributed by atoms with E-state index in [0.717, 1.165) is 5.56 Å². The van der Waals surface area contributed by atoms with Gasteiger partial charge < -0.3 is 5.73 Å². The molecule has 3 aromatic rings. The summed E-state index contributed by atoms with van der Waals surface area (Å²) in [6, 6.07) is 13.4. The quantitative estimate of drug-likeness (QED) is 0.393. The molecular weight excluding hydrogens is 394 g/mol. The molecule has 10 heteroatoms. The van der Waals surface area contributed by atoms with Crippen molar-refractivity contribution in [1.82, 2.24) is 20.8 Å². The zero-order valence-corrected chi connectivity index (χ0v) is 16.1. The number of benzene rings is 2. The molecule has 29 heavy (non-hydrogen) atoms. The van der Waals surface area contributed by atoms with Crippen LogP contribution in [0.3, 0.4) is 0 Å². The van der Waals surface area contributed by atoms with Gasteiger partial charge in [-0.25, -0.2) is 9.97 Å². The maximum atomic E-state index is 12.2. The van der Waals surface area contributed by atoms with E-state index in [1.807, 2.05) is 19.1 Å². The second kappa shape index (κ2) is 8.89. The maximum Gasteiger partial charge on any atom is 0.269 e. The molecule has 6 N–H and O–H groups in total. The molecule has 0 aliphatic carbocycles. The molecule has 0 unspecified atom stereocenters. The van der Waals surface area contributed by atoms with Gasteiger partial charge in [0.25, 0.3) is 11.8 Å². The van der Waals surface area contributed by atoms with Crippen LogP contribution in [0.15, 0.2) is 54.9 Å². The summed E-state index contributed by atoms with van der Waals surface area (Å²) < 4.78 is 0. The Labute approximate surface area is 171 Å². The minimum absolute atomic E-state index is 0.105. The largest absolute Gasteiger partial charge is 0.393 e. The zero-order valence-electron chi connectivity index (χ0n) is 15.4. The van der Waals surface area contributed by atoms with Crippen molar-refractivity contribution in [2.75, 3.05) is 16.6 Å². The molecule has 1 aromatic heterocycles. The second-order valence-corrected chi connectivity index (χ2v) is 6.45. The van der Waals surface area contributed by atoms with Crippen molar-refractivity contribution in [3.05, 3.63) is 76.6 Å². The molecule has 9 nitrogen and oxygen atoms in total. The lowest BCUT2D eigenvalue weighted by Crippen LogP contribution is -2.32. The van der Waals surface area contributed by atoms with Crippen molar-refractivity contribution < 1.29 is 9.59 Å². The van der Waals surface area contributed by atoms with E-state index >= 15 is 0 Å². The van der Waals surface area contributed by atoms with Crippen molar-refractivity contribution >= 4 is 40.7 Å². The van der Waals surface area contributed by atoms with Gasteiger partial charge in [-0.1, -0.05) is 29.3 Å². The fourth-order valence-corrected chi connectivity index (χ4v) is 2.40. The van der Waals surface area contributed by atoms with Crippen molar-refractivity contribution in [3.8, 4) is 0 Å². The molecule has 0 aliphatic rings. The molecule has 0 saturated heterocycles. The number of amides is 2. The van der Waals surface area contributed by atoms with E-state index in [1.165, 1.54) is 6.33 Å². The van der Waals surface area contributed by atoms with E-state index < -0.39 is 5.91 Å². The first-order valence-corrected chi connectivity index (χ1v) is 8.87. The van der Waals surface area contributed by atoms with Gasteiger partial charge in [0.2, 0.25) is 0 Å². The number of nitrogens with one attached hydrogen (secondary N) is 4. The summed E-state index contributed by atoms with van der Waals surface area (Å²) in [6.45, 7) is 1.93. The minimum atomic E-state index is -0.401. The number of anilines is 3. The second-order valence-electron chi connectivity index (χ2n) is 6.02.